The Labute approximate surface area is 123 Å². The van der Waals surface area contributed by atoms with Crippen molar-refractivity contribution in [1.29, 1.82) is 0 Å². The molecule has 0 radical (unpaired) electrons. The fourth-order valence-corrected chi connectivity index (χ4v) is 1.92. The minimum absolute atomic E-state index is 0.154. The van der Waals surface area contributed by atoms with E-state index in [1.165, 1.54) is 6.92 Å². The SMILES string of the molecule is CC(=O)NC(C(=O)N[C@@H](C(=O)O)c1ccccc1)C(C)C. The van der Waals surface area contributed by atoms with E-state index in [4.69, 9.17) is 0 Å². The lowest BCUT2D eigenvalue weighted by Gasteiger charge is -2.23. The molecular weight excluding hydrogens is 272 g/mol. The van der Waals surface area contributed by atoms with E-state index in [1.54, 1.807) is 44.2 Å². The molecule has 0 aliphatic carbocycles. The topological polar surface area (TPSA) is 95.5 Å². The molecule has 0 fully saturated rings. The Morgan fingerprint density at radius 3 is 2.05 bits per heavy atom. The molecule has 0 aliphatic heterocycles. The molecule has 1 rings (SSSR count). The molecule has 3 N–H and O–H groups in total. The van der Waals surface area contributed by atoms with E-state index in [0.717, 1.165) is 0 Å². The second-order valence-corrected chi connectivity index (χ2v) is 5.11. The predicted octanol–water partition coefficient (Wildman–Crippen LogP) is 1.09. The summed E-state index contributed by atoms with van der Waals surface area (Å²) in [4.78, 5) is 34.7. The first-order valence-corrected chi connectivity index (χ1v) is 6.68. The highest BCUT2D eigenvalue weighted by molar-refractivity contribution is 5.90. The second-order valence-electron chi connectivity index (χ2n) is 5.11. The largest absolute Gasteiger partial charge is 0.479 e. The molecular formula is C15H20N2O4. The number of carbonyl (C=O) groups excluding carboxylic acids is 2. The molecule has 0 spiro atoms. The van der Waals surface area contributed by atoms with Crippen molar-refractivity contribution in [1.82, 2.24) is 10.6 Å². The van der Waals surface area contributed by atoms with Crippen LogP contribution < -0.4 is 10.6 Å². The van der Waals surface area contributed by atoms with Gasteiger partial charge in [0.1, 0.15) is 6.04 Å². The molecule has 0 aromatic heterocycles. The summed E-state index contributed by atoms with van der Waals surface area (Å²) in [6.07, 6.45) is 0. The lowest BCUT2D eigenvalue weighted by Crippen LogP contribution is -2.50. The van der Waals surface area contributed by atoms with Gasteiger partial charge >= 0.3 is 5.97 Å². The van der Waals surface area contributed by atoms with E-state index in [0.29, 0.717) is 5.56 Å². The van der Waals surface area contributed by atoms with Gasteiger partial charge in [0.2, 0.25) is 11.8 Å². The number of hydrogen-bond acceptors (Lipinski definition) is 3. The van der Waals surface area contributed by atoms with Crippen molar-refractivity contribution in [2.45, 2.75) is 32.9 Å². The lowest BCUT2D eigenvalue weighted by molar-refractivity contribution is -0.142. The number of benzene rings is 1. The molecule has 21 heavy (non-hydrogen) atoms. The average Bonchev–Trinajstić information content (AvgIpc) is 2.42. The highest BCUT2D eigenvalue weighted by atomic mass is 16.4. The van der Waals surface area contributed by atoms with Gasteiger partial charge in [-0.1, -0.05) is 44.2 Å². The number of nitrogens with one attached hydrogen (secondary N) is 2. The Kier molecular flexibility index (Phi) is 5.90. The summed E-state index contributed by atoms with van der Waals surface area (Å²) in [7, 11) is 0. The smallest absolute Gasteiger partial charge is 0.330 e. The Hall–Kier alpha value is -2.37. The quantitative estimate of drug-likeness (QED) is 0.731. The van der Waals surface area contributed by atoms with Gasteiger partial charge < -0.3 is 15.7 Å². The summed E-state index contributed by atoms with van der Waals surface area (Å²) < 4.78 is 0. The number of carbonyl (C=O) groups is 3. The lowest BCUT2D eigenvalue weighted by atomic mass is 10.0. The zero-order valence-corrected chi connectivity index (χ0v) is 12.3. The highest BCUT2D eigenvalue weighted by Crippen LogP contribution is 2.14. The van der Waals surface area contributed by atoms with Crippen LogP contribution in [-0.2, 0) is 14.4 Å². The highest BCUT2D eigenvalue weighted by Gasteiger charge is 2.28. The van der Waals surface area contributed by atoms with Crippen LogP contribution in [0.3, 0.4) is 0 Å². The van der Waals surface area contributed by atoms with Gasteiger partial charge in [-0.25, -0.2) is 4.79 Å². The molecule has 2 atom stereocenters. The summed E-state index contributed by atoms with van der Waals surface area (Å²) in [5.41, 5.74) is 0.476. The first-order valence-electron chi connectivity index (χ1n) is 6.68. The fourth-order valence-electron chi connectivity index (χ4n) is 1.92. The van der Waals surface area contributed by atoms with Crippen LogP contribution in [0.5, 0.6) is 0 Å². The zero-order valence-electron chi connectivity index (χ0n) is 12.3. The second kappa shape index (κ2) is 7.42. The first-order chi connectivity index (χ1) is 9.82. The van der Waals surface area contributed by atoms with Crippen molar-refractivity contribution >= 4 is 17.8 Å². The third-order valence-corrected chi connectivity index (χ3v) is 2.97. The van der Waals surface area contributed by atoms with Crippen molar-refractivity contribution in [2.75, 3.05) is 0 Å². The Bertz CT molecular complexity index is 514. The van der Waals surface area contributed by atoms with Crippen LogP contribution in [0, 0.1) is 5.92 Å². The molecule has 1 unspecified atom stereocenters. The molecule has 0 saturated heterocycles. The van der Waals surface area contributed by atoms with Gasteiger partial charge in [0.25, 0.3) is 0 Å². The van der Waals surface area contributed by atoms with Crippen LogP contribution in [-0.4, -0.2) is 28.9 Å². The molecule has 1 aromatic rings. The molecule has 6 heteroatoms. The van der Waals surface area contributed by atoms with Gasteiger partial charge in [-0.2, -0.15) is 0 Å². The number of aliphatic carboxylic acids is 1. The molecule has 0 aliphatic rings. The van der Waals surface area contributed by atoms with Crippen molar-refractivity contribution in [3.63, 3.8) is 0 Å². The zero-order chi connectivity index (χ0) is 16.0. The van der Waals surface area contributed by atoms with Crippen LogP contribution in [0.2, 0.25) is 0 Å². The Morgan fingerprint density at radius 2 is 1.62 bits per heavy atom. The maximum Gasteiger partial charge on any atom is 0.330 e. The number of carboxylic acid groups (broad SMARTS) is 1. The van der Waals surface area contributed by atoms with Crippen LogP contribution in [0.1, 0.15) is 32.4 Å². The summed E-state index contributed by atoms with van der Waals surface area (Å²) in [5, 5.41) is 14.3. The summed E-state index contributed by atoms with van der Waals surface area (Å²) >= 11 is 0. The number of carboxylic acids is 1. The molecule has 0 saturated carbocycles. The van der Waals surface area contributed by atoms with Crippen LogP contribution in [0.25, 0.3) is 0 Å². The minimum atomic E-state index is -1.15. The Balaban J connectivity index is 2.90. The minimum Gasteiger partial charge on any atom is -0.479 e. The van der Waals surface area contributed by atoms with Crippen LogP contribution in [0.4, 0.5) is 0 Å². The van der Waals surface area contributed by atoms with Gasteiger partial charge in [-0.15, -0.1) is 0 Å². The van der Waals surface area contributed by atoms with E-state index in [-0.39, 0.29) is 11.8 Å². The van der Waals surface area contributed by atoms with E-state index < -0.39 is 24.0 Å². The molecule has 0 bridgehead atoms. The average molecular weight is 292 g/mol. The van der Waals surface area contributed by atoms with Crippen molar-refractivity contribution in [3.05, 3.63) is 35.9 Å². The monoisotopic (exact) mass is 292 g/mol. The maximum absolute atomic E-state index is 12.2. The van der Waals surface area contributed by atoms with Gasteiger partial charge in [0.05, 0.1) is 0 Å². The van der Waals surface area contributed by atoms with Gasteiger partial charge in [-0.3, -0.25) is 9.59 Å². The summed E-state index contributed by atoms with van der Waals surface area (Å²) in [5.74, 6) is -2.16. The van der Waals surface area contributed by atoms with Crippen molar-refractivity contribution < 1.29 is 19.5 Å². The number of amides is 2. The fraction of sp³-hybridized carbons (Fsp3) is 0.400. The van der Waals surface area contributed by atoms with E-state index in [9.17, 15) is 19.5 Å². The summed E-state index contributed by atoms with van der Waals surface area (Å²) in [6.45, 7) is 4.87. The molecule has 114 valence electrons. The number of hydrogen-bond donors (Lipinski definition) is 3. The Morgan fingerprint density at radius 1 is 1.05 bits per heavy atom. The normalized spacial score (nSPS) is 13.3. The molecule has 2 amide bonds. The summed E-state index contributed by atoms with van der Waals surface area (Å²) in [6, 6.07) is 6.50. The van der Waals surface area contributed by atoms with E-state index >= 15 is 0 Å². The standard InChI is InChI=1S/C15H20N2O4/c1-9(2)12(16-10(3)18)14(19)17-13(15(20)21)11-7-5-4-6-8-11/h4-9,12-13H,1-3H3,(H,16,18)(H,17,19)(H,20,21)/t12?,13-/m1/s1. The van der Waals surface area contributed by atoms with E-state index in [1.807, 2.05) is 0 Å². The van der Waals surface area contributed by atoms with Crippen LogP contribution >= 0.6 is 0 Å². The van der Waals surface area contributed by atoms with Crippen LogP contribution in [0.15, 0.2) is 30.3 Å². The third kappa shape index (κ3) is 4.91. The van der Waals surface area contributed by atoms with Gasteiger partial charge in [0.15, 0.2) is 6.04 Å². The van der Waals surface area contributed by atoms with Crippen molar-refractivity contribution in [2.24, 2.45) is 5.92 Å². The third-order valence-electron chi connectivity index (χ3n) is 2.97. The van der Waals surface area contributed by atoms with E-state index in [2.05, 4.69) is 10.6 Å². The van der Waals surface area contributed by atoms with Gasteiger partial charge in [-0.05, 0) is 11.5 Å². The molecule has 6 nitrogen and oxygen atoms in total. The molecule has 0 heterocycles. The maximum atomic E-state index is 12.2. The predicted molar refractivity (Wildman–Crippen MR) is 77.4 cm³/mol. The number of rotatable bonds is 6. The van der Waals surface area contributed by atoms with Gasteiger partial charge in [0, 0.05) is 6.92 Å². The van der Waals surface area contributed by atoms with Crippen molar-refractivity contribution in [3.8, 4) is 0 Å². The molecule has 1 aromatic carbocycles. The first kappa shape index (κ1) is 16.7.